The third-order valence-corrected chi connectivity index (χ3v) is 7.25. The molecule has 3 rings (SSSR count). The smallest absolute Gasteiger partial charge is 0.126 e. The summed E-state index contributed by atoms with van der Waals surface area (Å²) in [7, 11) is 0. The number of unbranched alkanes of at least 4 members (excludes halogenated alkanes) is 4. The van der Waals surface area contributed by atoms with Crippen molar-refractivity contribution >= 4 is 6.29 Å². The van der Waals surface area contributed by atoms with E-state index in [1.807, 2.05) is 0 Å². The van der Waals surface area contributed by atoms with Crippen molar-refractivity contribution in [2.24, 2.45) is 5.41 Å². The van der Waals surface area contributed by atoms with Crippen molar-refractivity contribution < 1.29 is 4.79 Å². The van der Waals surface area contributed by atoms with Crippen LogP contribution < -0.4 is 0 Å². The van der Waals surface area contributed by atoms with Crippen molar-refractivity contribution in [1.82, 2.24) is 0 Å². The largest absolute Gasteiger partial charge is 0.303 e. The summed E-state index contributed by atoms with van der Waals surface area (Å²) in [6.07, 6.45) is 15.5. The Labute approximate surface area is 184 Å². The molecule has 0 atom stereocenters. The summed E-state index contributed by atoms with van der Waals surface area (Å²) in [4.78, 5) is 11.8. The Morgan fingerprint density at radius 1 is 0.800 bits per heavy atom. The molecule has 0 aliphatic heterocycles. The van der Waals surface area contributed by atoms with E-state index in [4.69, 9.17) is 0 Å². The minimum Gasteiger partial charge on any atom is -0.303 e. The first kappa shape index (κ1) is 22.8. The number of carbonyl (C=O) groups excluding carboxylic acids is 1. The monoisotopic (exact) mass is 404 g/mol. The second-order valence-corrected chi connectivity index (χ2v) is 9.49. The van der Waals surface area contributed by atoms with E-state index >= 15 is 0 Å². The van der Waals surface area contributed by atoms with Crippen LogP contribution in [0.2, 0.25) is 0 Å². The fourth-order valence-corrected chi connectivity index (χ4v) is 5.07. The Bertz CT molecular complexity index is 748. The lowest BCUT2D eigenvalue weighted by atomic mass is 9.67. The summed E-state index contributed by atoms with van der Waals surface area (Å²) in [5.74, 6) is 0.610. The maximum atomic E-state index is 11.8. The number of benzene rings is 2. The predicted octanol–water partition coefficient (Wildman–Crippen LogP) is 8.51. The van der Waals surface area contributed by atoms with Crippen molar-refractivity contribution in [1.29, 1.82) is 0 Å². The lowest BCUT2D eigenvalue weighted by Crippen LogP contribution is -2.28. The van der Waals surface area contributed by atoms with E-state index in [-0.39, 0.29) is 5.41 Å². The highest BCUT2D eigenvalue weighted by Crippen LogP contribution is 2.45. The average molecular weight is 405 g/mol. The van der Waals surface area contributed by atoms with Crippen LogP contribution >= 0.6 is 0 Å². The van der Waals surface area contributed by atoms with Gasteiger partial charge in [-0.1, -0.05) is 94.5 Å². The molecule has 30 heavy (non-hydrogen) atoms. The second kappa shape index (κ2) is 11.5. The van der Waals surface area contributed by atoms with Gasteiger partial charge in [-0.05, 0) is 73.1 Å². The molecule has 1 aliphatic carbocycles. The van der Waals surface area contributed by atoms with Gasteiger partial charge < -0.3 is 4.79 Å². The molecule has 0 saturated heterocycles. The standard InChI is InChI=1S/C29H40O/c1-3-5-7-9-24-10-12-25(13-11-24)26-14-16-27(17-15-26)28-18-21-29(23-30,22-19-28)20-8-6-4-2/h10-17,23,28H,3-9,18-22H2,1-2H3. The molecule has 1 nitrogen and oxygen atoms in total. The molecule has 0 N–H and O–H groups in total. The lowest BCUT2D eigenvalue weighted by Gasteiger charge is -2.36. The van der Waals surface area contributed by atoms with Gasteiger partial charge in [0.15, 0.2) is 0 Å². The molecular weight excluding hydrogens is 364 g/mol. The number of hydrogen-bond acceptors (Lipinski definition) is 1. The van der Waals surface area contributed by atoms with Crippen LogP contribution in [-0.4, -0.2) is 6.29 Å². The Balaban J connectivity index is 1.56. The van der Waals surface area contributed by atoms with Crippen LogP contribution in [0.1, 0.15) is 102 Å². The van der Waals surface area contributed by atoms with Crippen LogP contribution in [0.4, 0.5) is 0 Å². The van der Waals surface area contributed by atoms with Gasteiger partial charge in [-0.3, -0.25) is 0 Å². The Hall–Kier alpha value is -1.89. The molecule has 0 radical (unpaired) electrons. The van der Waals surface area contributed by atoms with E-state index < -0.39 is 0 Å². The molecule has 1 aliphatic rings. The molecule has 2 aromatic carbocycles. The zero-order valence-corrected chi connectivity index (χ0v) is 19.2. The average Bonchev–Trinajstić information content (AvgIpc) is 2.80. The molecule has 0 bridgehead atoms. The van der Waals surface area contributed by atoms with Gasteiger partial charge in [-0.2, -0.15) is 0 Å². The van der Waals surface area contributed by atoms with Gasteiger partial charge in [-0.25, -0.2) is 0 Å². The maximum absolute atomic E-state index is 11.8. The predicted molar refractivity (Wildman–Crippen MR) is 129 cm³/mol. The van der Waals surface area contributed by atoms with E-state index in [1.54, 1.807) is 0 Å². The fourth-order valence-electron chi connectivity index (χ4n) is 5.07. The summed E-state index contributed by atoms with van der Waals surface area (Å²) >= 11 is 0. The summed E-state index contributed by atoms with van der Waals surface area (Å²) in [5, 5.41) is 0. The van der Waals surface area contributed by atoms with Crippen molar-refractivity contribution in [3.8, 4) is 11.1 Å². The number of aldehydes is 1. The minimum absolute atomic E-state index is 0.0372. The van der Waals surface area contributed by atoms with Gasteiger partial charge in [-0.15, -0.1) is 0 Å². The third kappa shape index (κ3) is 6.06. The lowest BCUT2D eigenvalue weighted by molar-refractivity contribution is -0.118. The molecular formula is C29H40O. The molecule has 1 fully saturated rings. The molecule has 0 amide bonds. The van der Waals surface area contributed by atoms with E-state index in [0.29, 0.717) is 5.92 Å². The molecule has 0 unspecified atom stereocenters. The Morgan fingerprint density at radius 2 is 1.37 bits per heavy atom. The number of aryl methyl sites for hydroxylation is 1. The summed E-state index contributed by atoms with van der Waals surface area (Å²) < 4.78 is 0. The second-order valence-electron chi connectivity index (χ2n) is 9.49. The van der Waals surface area contributed by atoms with Gasteiger partial charge in [0, 0.05) is 5.41 Å². The van der Waals surface area contributed by atoms with E-state index in [0.717, 1.165) is 32.1 Å². The molecule has 2 aromatic rings. The summed E-state index contributed by atoms with van der Waals surface area (Å²) in [6.45, 7) is 4.49. The topological polar surface area (TPSA) is 17.1 Å². The Kier molecular flexibility index (Phi) is 8.73. The van der Waals surface area contributed by atoms with Gasteiger partial charge >= 0.3 is 0 Å². The first-order chi connectivity index (χ1) is 14.7. The van der Waals surface area contributed by atoms with Crippen LogP contribution in [0.5, 0.6) is 0 Å². The van der Waals surface area contributed by atoms with E-state index in [2.05, 4.69) is 62.4 Å². The fraction of sp³-hybridized carbons (Fsp3) is 0.552. The molecule has 1 heteroatoms. The maximum Gasteiger partial charge on any atom is 0.126 e. The SMILES string of the molecule is CCCCCc1ccc(-c2ccc(C3CCC(C=O)(CCCCC)CC3)cc2)cc1. The molecule has 0 aromatic heterocycles. The molecule has 162 valence electrons. The first-order valence-electron chi connectivity index (χ1n) is 12.4. The highest BCUT2D eigenvalue weighted by Gasteiger charge is 2.34. The van der Waals surface area contributed by atoms with Crippen LogP contribution in [0.15, 0.2) is 48.5 Å². The first-order valence-corrected chi connectivity index (χ1v) is 12.4. The Morgan fingerprint density at radius 3 is 1.93 bits per heavy atom. The van der Waals surface area contributed by atoms with Crippen molar-refractivity contribution in [2.45, 2.75) is 96.8 Å². The normalized spacial score (nSPS) is 21.5. The van der Waals surface area contributed by atoms with E-state index in [1.165, 1.54) is 73.5 Å². The minimum atomic E-state index is -0.0372. The van der Waals surface area contributed by atoms with Crippen molar-refractivity contribution in [3.63, 3.8) is 0 Å². The molecule has 0 heterocycles. The number of hydrogen-bond donors (Lipinski definition) is 0. The number of rotatable bonds is 11. The highest BCUT2D eigenvalue weighted by atomic mass is 16.1. The van der Waals surface area contributed by atoms with Gasteiger partial charge in [0.1, 0.15) is 6.29 Å². The van der Waals surface area contributed by atoms with Gasteiger partial charge in [0.05, 0.1) is 0 Å². The molecule has 1 saturated carbocycles. The summed E-state index contributed by atoms with van der Waals surface area (Å²) in [5.41, 5.74) is 5.47. The highest BCUT2D eigenvalue weighted by molar-refractivity contribution is 5.64. The zero-order chi connectivity index (χ0) is 21.2. The van der Waals surface area contributed by atoms with E-state index in [9.17, 15) is 4.79 Å². The van der Waals surface area contributed by atoms with Crippen LogP contribution in [0.25, 0.3) is 11.1 Å². The van der Waals surface area contributed by atoms with Crippen LogP contribution in [0, 0.1) is 5.41 Å². The molecule has 0 spiro atoms. The van der Waals surface area contributed by atoms with Crippen LogP contribution in [-0.2, 0) is 11.2 Å². The van der Waals surface area contributed by atoms with Crippen molar-refractivity contribution in [3.05, 3.63) is 59.7 Å². The third-order valence-electron chi connectivity index (χ3n) is 7.25. The van der Waals surface area contributed by atoms with Gasteiger partial charge in [0.25, 0.3) is 0 Å². The zero-order valence-electron chi connectivity index (χ0n) is 19.2. The van der Waals surface area contributed by atoms with Crippen molar-refractivity contribution in [2.75, 3.05) is 0 Å². The van der Waals surface area contributed by atoms with Crippen LogP contribution in [0.3, 0.4) is 0 Å². The number of carbonyl (C=O) groups is 1. The summed E-state index contributed by atoms with van der Waals surface area (Å²) in [6, 6.07) is 18.3. The van der Waals surface area contributed by atoms with Gasteiger partial charge in [0.2, 0.25) is 0 Å². The quantitative estimate of drug-likeness (QED) is 0.271.